The molecule has 0 bridgehead atoms. The average molecular weight is 342 g/mol. The summed E-state index contributed by atoms with van der Waals surface area (Å²) >= 11 is 0. The summed E-state index contributed by atoms with van der Waals surface area (Å²) in [4.78, 5) is 14.3. The molecule has 1 fully saturated rings. The lowest BCUT2D eigenvalue weighted by Gasteiger charge is -2.42. The summed E-state index contributed by atoms with van der Waals surface area (Å²) in [5, 5.41) is 2.93. The molecule has 3 N–H and O–H groups in total. The van der Waals surface area contributed by atoms with Crippen molar-refractivity contribution in [3.05, 3.63) is 24.3 Å². The Kier molecular flexibility index (Phi) is 7.32. The highest BCUT2D eigenvalue weighted by Crippen LogP contribution is 2.27. The maximum Gasteiger partial charge on any atom is 0.238 e. The first-order valence-corrected chi connectivity index (χ1v) is 7.91. The Hall–Kier alpha value is -1.30. The van der Waals surface area contributed by atoms with Crippen molar-refractivity contribution in [3.8, 4) is 5.75 Å². The number of carbonyl (C=O) groups is 1. The van der Waals surface area contributed by atoms with E-state index in [9.17, 15) is 4.79 Å². The van der Waals surface area contributed by atoms with Gasteiger partial charge in [0.1, 0.15) is 5.75 Å². The molecule has 1 aliphatic heterocycles. The Morgan fingerprint density at radius 2 is 2.04 bits per heavy atom. The minimum absolute atomic E-state index is 0. The largest absolute Gasteiger partial charge is 0.494 e. The summed E-state index contributed by atoms with van der Waals surface area (Å²) < 4.78 is 5.39. The third kappa shape index (κ3) is 5.68. The van der Waals surface area contributed by atoms with E-state index in [1.165, 1.54) is 0 Å². The lowest BCUT2D eigenvalue weighted by molar-refractivity contribution is -0.118. The zero-order valence-corrected chi connectivity index (χ0v) is 15.0. The zero-order valence-electron chi connectivity index (χ0n) is 14.2. The zero-order chi connectivity index (χ0) is 16.2. The first-order valence-electron chi connectivity index (χ1n) is 7.91. The van der Waals surface area contributed by atoms with Gasteiger partial charge in [0.25, 0.3) is 0 Å². The molecule has 0 radical (unpaired) electrons. The Balaban J connectivity index is 0.00000264. The molecule has 0 aliphatic carbocycles. The van der Waals surface area contributed by atoms with Crippen molar-refractivity contribution in [1.82, 2.24) is 4.90 Å². The molecule has 1 heterocycles. The van der Waals surface area contributed by atoms with Crippen molar-refractivity contribution in [2.75, 3.05) is 31.6 Å². The highest BCUT2D eigenvalue weighted by Gasteiger charge is 2.33. The normalized spacial score (nSPS) is 20.4. The molecule has 1 aromatic rings. The Bertz CT molecular complexity index is 505. The fraction of sp³-hybridized carbons (Fsp3) is 0.588. The fourth-order valence-corrected chi connectivity index (χ4v) is 2.82. The average Bonchev–Trinajstić information content (AvgIpc) is 2.45. The van der Waals surface area contributed by atoms with Gasteiger partial charge in [-0.3, -0.25) is 9.69 Å². The minimum Gasteiger partial charge on any atom is -0.494 e. The van der Waals surface area contributed by atoms with Crippen LogP contribution in [-0.4, -0.2) is 43.1 Å². The number of piperidine rings is 1. The quantitative estimate of drug-likeness (QED) is 0.863. The molecule has 0 spiro atoms. The van der Waals surface area contributed by atoms with Crippen molar-refractivity contribution in [1.29, 1.82) is 0 Å². The van der Waals surface area contributed by atoms with Crippen LogP contribution in [0.4, 0.5) is 5.69 Å². The fourth-order valence-electron chi connectivity index (χ4n) is 2.82. The molecule has 5 nitrogen and oxygen atoms in total. The molecule has 1 unspecified atom stereocenters. The van der Waals surface area contributed by atoms with Gasteiger partial charge in [0.2, 0.25) is 5.91 Å². The summed E-state index contributed by atoms with van der Waals surface area (Å²) in [6.07, 6.45) is 0.934. The topological polar surface area (TPSA) is 67.6 Å². The van der Waals surface area contributed by atoms with Gasteiger partial charge in [-0.25, -0.2) is 0 Å². The van der Waals surface area contributed by atoms with Crippen LogP contribution in [0.5, 0.6) is 5.75 Å². The van der Waals surface area contributed by atoms with Gasteiger partial charge >= 0.3 is 0 Å². The predicted molar refractivity (Wildman–Crippen MR) is 96.3 cm³/mol. The van der Waals surface area contributed by atoms with E-state index in [2.05, 4.69) is 24.1 Å². The Morgan fingerprint density at radius 3 is 2.61 bits per heavy atom. The summed E-state index contributed by atoms with van der Waals surface area (Å²) in [7, 11) is 0. The van der Waals surface area contributed by atoms with E-state index in [1.807, 2.05) is 31.2 Å². The van der Waals surface area contributed by atoms with Gasteiger partial charge in [0, 0.05) is 24.8 Å². The second kappa shape index (κ2) is 8.52. The molecule has 23 heavy (non-hydrogen) atoms. The molecule has 1 aliphatic rings. The number of hydrogen-bond donors (Lipinski definition) is 2. The molecule has 1 atom stereocenters. The van der Waals surface area contributed by atoms with Gasteiger partial charge in [0.15, 0.2) is 0 Å². The standard InChI is InChI=1S/C17H27N3O2.ClH/c1-4-22-14-7-5-13(6-8-14)19-16(21)11-20-10-9-15(18)17(2,3)12-20;/h5-8,15H,4,9-12,18H2,1-3H3,(H,19,21);1H. The van der Waals surface area contributed by atoms with E-state index >= 15 is 0 Å². The van der Waals surface area contributed by atoms with Gasteiger partial charge < -0.3 is 15.8 Å². The van der Waals surface area contributed by atoms with Crippen molar-refractivity contribution in [2.45, 2.75) is 33.2 Å². The first-order chi connectivity index (χ1) is 10.4. The van der Waals surface area contributed by atoms with Crippen LogP contribution in [0, 0.1) is 5.41 Å². The van der Waals surface area contributed by atoms with Gasteiger partial charge in [-0.2, -0.15) is 0 Å². The second-order valence-corrected chi connectivity index (χ2v) is 6.60. The van der Waals surface area contributed by atoms with Gasteiger partial charge in [-0.05, 0) is 43.0 Å². The molecule has 1 amide bonds. The summed E-state index contributed by atoms with van der Waals surface area (Å²) in [6.45, 7) is 9.04. The van der Waals surface area contributed by atoms with Crippen LogP contribution in [0.1, 0.15) is 27.2 Å². The van der Waals surface area contributed by atoms with Crippen LogP contribution in [0.2, 0.25) is 0 Å². The van der Waals surface area contributed by atoms with E-state index in [1.54, 1.807) is 0 Å². The number of nitrogens with zero attached hydrogens (tertiary/aromatic N) is 1. The molecule has 0 aromatic heterocycles. The summed E-state index contributed by atoms with van der Waals surface area (Å²) in [5.41, 5.74) is 6.98. The Morgan fingerprint density at radius 1 is 1.39 bits per heavy atom. The van der Waals surface area contributed by atoms with Crippen molar-refractivity contribution in [3.63, 3.8) is 0 Å². The Labute approximate surface area is 145 Å². The van der Waals surface area contributed by atoms with E-state index < -0.39 is 0 Å². The molecule has 6 heteroatoms. The van der Waals surface area contributed by atoms with Crippen LogP contribution >= 0.6 is 12.4 Å². The smallest absolute Gasteiger partial charge is 0.238 e. The van der Waals surface area contributed by atoms with Crippen LogP contribution in [0.25, 0.3) is 0 Å². The number of nitrogens with two attached hydrogens (primary N) is 1. The van der Waals surface area contributed by atoms with E-state index in [-0.39, 0.29) is 29.8 Å². The maximum atomic E-state index is 12.2. The van der Waals surface area contributed by atoms with Crippen molar-refractivity contribution in [2.24, 2.45) is 11.1 Å². The molecular weight excluding hydrogens is 314 g/mol. The number of benzene rings is 1. The summed E-state index contributed by atoms with van der Waals surface area (Å²) in [5.74, 6) is 0.822. The SMILES string of the molecule is CCOc1ccc(NC(=O)CN2CCC(N)C(C)(C)C2)cc1.Cl. The third-order valence-electron chi connectivity index (χ3n) is 4.21. The van der Waals surface area contributed by atoms with Crippen molar-refractivity contribution < 1.29 is 9.53 Å². The van der Waals surface area contributed by atoms with E-state index in [4.69, 9.17) is 10.5 Å². The number of halogens is 1. The van der Waals surface area contributed by atoms with Gasteiger partial charge in [0.05, 0.1) is 13.2 Å². The highest BCUT2D eigenvalue weighted by atomic mass is 35.5. The number of amides is 1. The molecule has 0 saturated carbocycles. The number of ether oxygens (including phenoxy) is 1. The molecular formula is C17H28ClN3O2. The van der Waals surface area contributed by atoms with E-state index in [0.717, 1.165) is 30.9 Å². The number of likely N-dealkylation sites (tertiary alicyclic amines) is 1. The molecule has 1 aromatic carbocycles. The van der Waals surface area contributed by atoms with E-state index in [0.29, 0.717) is 13.2 Å². The number of hydrogen-bond acceptors (Lipinski definition) is 4. The second-order valence-electron chi connectivity index (χ2n) is 6.60. The van der Waals surface area contributed by atoms with Crippen molar-refractivity contribution >= 4 is 24.0 Å². The van der Waals surface area contributed by atoms with Gasteiger partial charge in [-0.15, -0.1) is 12.4 Å². The van der Waals surface area contributed by atoms with Crippen LogP contribution < -0.4 is 15.8 Å². The number of carbonyl (C=O) groups excluding carboxylic acids is 1. The number of anilines is 1. The lowest BCUT2D eigenvalue weighted by Crippen LogP contribution is -2.53. The summed E-state index contributed by atoms with van der Waals surface area (Å²) in [6, 6.07) is 7.65. The third-order valence-corrected chi connectivity index (χ3v) is 4.21. The molecule has 130 valence electrons. The van der Waals surface area contributed by atoms with Crippen LogP contribution in [0.3, 0.4) is 0 Å². The molecule has 1 saturated heterocycles. The predicted octanol–water partition coefficient (Wildman–Crippen LogP) is 2.50. The van der Waals surface area contributed by atoms with Gasteiger partial charge in [-0.1, -0.05) is 13.8 Å². The number of nitrogens with one attached hydrogen (secondary N) is 1. The minimum atomic E-state index is 0. The van der Waals surface area contributed by atoms with Crippen LogP contribution in [-0.2, 0) is 4.79 Å². The first kappa shape index (κ1) is 19.7. The maximum absolute atomic E-state index is 12.2. The monoisotopic (exact) mass is 341 g/mol. The van der Waals surface area contributed by atoms with Crippen LogP contribution in [0.15, 0.2) is 24.3 Å². The lowest BCUT2D eigenvalue weighted by atomic mass is 9.80. The highest BCUT2D eigenvalue weighted by molar-refractivity contribution is 5.92. The number of rotatable bonds is 5. The molecule has 2 rings (SSSR count).